The van der Waals surface area contributed by atoms with E-state index < -0.39 is 64.9 Å². The lowest BCUT2D eigenvalue weighted by molar-refractivity contribution is -0.598. The maximum absolute atomic E-state index is 15.1. The topological polar surface area (TPSA) is 92.3 Å². The largest absolute Gasteiger partial charge is 0.443 e. The van der Waals surface area contributed by atoms with E-state index in [1.807, 2.05) is 13.8 Å². The average molecular weight is 737 g/mol. The zero-order valence-corrected chi connectivity index (χ0v) is 31.2. The van der Waals surface area contributed by atoms with Gasteiger partial charge >= 0.3 is 6.18 Å². The predicted octanol–water partition coefficient (Wildman–Crippen LogP) is 7.49. The summed E-state index contributed by atoms with van der Waals surface area (Å²) in [5, 5.41) is 0. The molecule has 2 saturated carbocycles. The van der Waals surface area contributed by atoms with Crippen LogP contribution in [0.1, 0.15) is 99.8 Å². The summed E-state index contributed by atoms with van der Waals surface area (Å²) in [4.78, 5) is 24.0. The minimum Gasteiger partial charge on any atom is -0.349 e. The maximum Gasteiger partial charge on any atom is 0.443 e. The second kappa shape index (κ2) is 12.4. The second-order valence-corrected chi connectivity index (χ2v) is 18.3. The van der Waals surface area contributed by atoms with E-state index in [2.05, 4.69) is 20.8 Å². The fourth-order valence-electron chi connectivity index (χ4n) is 11.4. The van der Waals surface area contributed by atoms with Gasteiger partial charge in [0.15, 0.2) is 29.6 Å². The van der Waals surface area contributed by atoms with Gasteiger partial charge in [-0.3, -0.25) is 0 Å². The first kappa shape index (κ1) is 36.7. The van der Waals surface area contributed by atoms with Crippen molar-refractivity contribution in [3.63, 3.8) is 0 Å². The second-order valence-electron chi connectivity index (χ2n) is 17.1. The van der Waals surface area contributed by atoms with E-state index in [1.165, 1.54) is 11.8 Å². The summed E-state index contributed by atoms with van der Waals surface area (Å²) < 4.78 is 83.1. The Kier molecular flexibility index (Phi) is 9.08. The van der Waals surface area contributed by atoms with Crippen LogP contribution in [0.5, 0.6) is 0 Å². The lowest BCUT2D eigenvalue weighted by Gasteiger charge is -2.62. The third-order valence-corrected chi connectivity index (χ3v) is 15.3. The molecule has 8 heterocycles. The average Bonchev–Trinajstić information content (AvgIpc) is 3.42. The van der Waals surface area contributed by atoms with E-state index in [-0.39, 0.29) is 36.2 Å². The number of hydrogen-bond donors (Lipinski definition) is 0. The molecule has 0 aromatic heterocycles. The third kappa shape index (κ3) is 5.27. The lowest BCUT2D eigenvalue weighted by atomic mass is 9.57. The molecule has 0 N–H and O–H groups in total. The standard InChI is InChI=1S/C36H55F3O10S/c1-20-8-10-26-22(3)32(7,44-28-33(26)24(20)12-14-30(5,42-28)46-48-33)40-16-18-50-19-17-41-35(36(37,38)39)23(4)27-11-9-21(2)25-13-15-31(6)43-29(45-35)34(25,27)49-47-31/h20-29H,8-19H2,1-7H3/t20-,21-,22-,23-,24+,25+,26+,27+,28+,29+,30+,31-,32+,33-,34-,35-/m1/s1. The zero-order chi connectivity index (χ0) is 35.5. The molecule has 0 radical (unpaired) electrons. The molecule has 10 fully saturated rings. The number of hydrogen-bond acceptors (Lipinski definition) is 11. The van der Waals surface area contributed by atoms with E-state index in [9.17, 15) is 0 Å². The predicted molar refractivity (Wildman–Crippen MR) is 172 cm³/mol. The van der Waals surface area contributed by atoms with Crippen molar-refractivity contribution >= 4 is 11.8 Å². The molecular formula is C36H55F3O10S. The van der Waals surface area contributed by atoms with Crippen LogP contribution in [-0.4, -0.2) is 77.8 Å². The van der Waals surface area contributed by atoms with Crippen LogP contribution in [0.3, 0.4) is 0 Å². The van der Waals surface area contributed by atoms with Crippen molar-refractivity contribution in [3.05, 3.63) is 0 Å². The molecule has 0 unspecified atom stereocenters. The van der Waals surface area contributed by atoms with Gasteiger partial charge in [-0.2, -0.15) is 24.9 Å². The summed E-state index contributed by atoms with van der Waals surface area (Å²) >= 11 is 1.47. The Morgan fingerprint density at radius 3 is 1.64 bits per heavy atom. The van der Waals surface area contributed by atoms with Crippen LogP contribution in [0.15, 0.2) is 0 Å². The molecule has 10 rings (SSSR count). The molecule has 10 nitrogen and oxygen atoms in total. The SMILES string of the molecule is C[C@@H]1CC[C@H]2[C@@H](C)[C@@](C)(OCCSCCO[C@@]3(C(F)(F)F)O[C@@H]4O[C@@]5(C)CC[C@H]6[C@H](C)CC[C@@H]([C@H]3C)[C@@]46OO5)O[C@@H]3O[C@]4(C)CC[C@@H]1[C@]32OO4. The van der Waals surface area contributed by atoms with Crippen molar-refractivity contribution in [1.82, 2.24) is 0 Å². The van der Waals surface area contributed by atoms with Crippen LogP contribution in [-0.2, 0) is 48.0 Å². The normalized spacial score (nSPS) is 55.6. The van der Waals surface area contributed by atoms with Gasteiger partial charge in [-0.1, -0.05) is 27.7 Å². The van der Waals surface area contributed by atoms with Crippen molar-refractivity contribution in [3.8, 4) is 0 Å². The molecule has 2 aliphatic carbocycles. The van der Waals surface area contributed by atoms with E-state index in [0.717, 1.165) is 38.5 Å². The molecule has 2 spiro atoms. The monoisotopic (exact) mass is 736 g/mol. The summed E-state index contributed by atoms with van der Waals surface area (Å²) in [6.07, 6.45) is -0.337. The molecule has 16 atom stereocenters. The fraction of sp³-hybridized carbons (Fsp3) is 1.00. The maximum atomic E-state index is 15.1. The molecule has 8 saturated heterocycles. The first-order valence-corrected chi connectivity index (χ1v) is 20.1. The van der Waals surface area contributed by atoms with E-state index in [4.69, 9.17) is 48.0 Å². The molecule has 14 heteroatoms. The summed E-state index contributed by atoms with van der Waals surface area (Å²) in [5.74, 6) is -5.45. The van der Waals surface area contributed by atoms with Gasteiger partial charge in [-0.25, -0.2) is 19.6 Å². The molecule has 4 bridgehead atoms. The highest BCUT2D eigenvalue weighted by Gasteiger charge is 2.77. The Hall–Kier alpha value is -0.260. The number of ether oxygens (including phenoxy) is 6. The number of fused-ring (bicyclic) bond motifs is 4. The van der Waals surface area contributed by atoms with Gasteiger partial charge < -0.3 is 28.4 Å². The molecule has 50 heavy (non-hydrogen) atoms. The quantitative estimate of drug-likeness (QED) is 0.183. The molecular weight excluding hydrogens is 681 g/mol. The highest BCUT2D eigenvalue weighted by molar-refractivity contribution is 7.99. The molecule has 0 amide bonds. The summed E-state index contributed by atoms with van der Waals surface area (Å²) in [6.45, 7) is 13.9. The van der Waals surface area contributed by atoms with E-state index >= 15 is 13.2 Å². The number of thioether (sulfide) groups is 1. The van der Waals surface area contributed by atoms with Crippen molar-refractivity contribution in [2.45, 2.75) is 153 Å². The van der Waals surface area contributed by atoms with Crippen molar-refractivity contribution in [2.75, 3.05) is 24.7 Å². The molecule has 286 valence electrons. The Balaban J connectivity index is 0.901. The van der Waals surface area contributed by atoms with E-state index in [0.29, 0.717) is 36.9 Å². The Morgan fingerprint density at radius 2 is 1.10 bits per heavy atom. The first-order valence-electron chi connectivity index (χ1n) is 18.9. The van der Waals surface area contributed by atoms with Gasteiger partial charge in [0.05, 0.1) is 13.2 Å². The smallest absolute Gasteiger partial charge is 0.349 e. The molecule has 0 aromatic carbocycles. The minimum absolute atomic E-state index is 0.00269. The van der Waals surface area contributed by atoms with Gasteiger partial charge in [0.25, 0.3) is 5.79 Å². The number of alkyl halides is 3. The van der Waals surface area contributed by atoms with Crippen LogP contribution in [0.25, 0.3) is 0 Å². The Bertz CT molecular complexity index is 1300. The minimum atomic E-state index is -4.79. The highest BCUT2D eigenvalue weighted by atomic mass is 32.2. The number of halogens is 3. The zero-order valence-electron chi connectivity index (χ0n) is 30.4. The van der Waals surface area contributed by atoms with Crippen LogP contribution < -0.4 is 0 Å². The van der Waals surface area contributed by atoms with Gasteiger partial charge in [0.2, 0.25) is 11.6 Å². The summed E-state index contributed by atoms with van der Waals surface area (Å²) in [7, 11) is 0. The van der Waals surface area contributed by atoms with Crippen molar-refractivity contribution in [1.29, 1.82) is 0 Å². The van der Waals surface area contributed by atoms with Crippen LogP contribution in [0.2, 0.25) is 0 Å². The summed E-state index contributed by atoms with van der Waals surface area (Å²) in [5.41, 5.74) is -1.79. The van der Waals surface area contributed by atoms with Crippen LogP contribution in [0, 0.1) is 47.3 Å². The molecule has 10 aliphatic rings. The first-order chi connectivity index (χ1) is 23.5. The van der Waals surface area contributed by atoms with E-state index in [1.54, 1.807) is 13.8 Å². The van der Waals surface area contributed by atoms with Crippen LogP contribution >= 0.6 is 11.8 Å². The van der Waals surface area contributed by atoms with Crippen molar-refractivity contribution < 1.29 is 61.1 Å². The molecule has 8 aliphatic heterocycles. The van der Waals surface area contributed by atoms with Crippen molar-refractivity contribution in [2.24, 2.45) is 47.3 Å². The fourth-order valence-corrected chi connectivity index (χ4v) is 12.0. The third-order valence-electron chi connectivity index (χ3n) is 14.4. The van der Waals surface area contributed by atoms with Gasteiger partial charge in [-0.15, -0.1) is 0 Å². The molecule has 0 aromatic rings. The Morgan fingerprint density at radius 1 is 0.600 bits per heavy atom. The number of rotatable bonds is 8. The Labute approximate surface area is 297 Å². The summed E-state index contributed by atoms with van der Waals surface area (Å²) in [6, 6.07) is 0. The van der Waals surface area contributed by atoms with Gasteiger partial charge in [0, 0.05) is 48.0 Å². The van der Waals surface area contributed by atoms with Crippen LogP contribution in [0.4, 0.5) is 13.2 Å². The van der Waals surface area contributed by atoms with Gasteiger partial charge in [-0.05, 0) is 83.0 Å². The highest BCUT2D eigenvalue weighted by Crippen LogP contribution is 2.65. The van der Waals surface area contributed by atoms with Gasteiger partial charge in [0.1, 0.15) is 0 Å². The lowest BCUT2D eigenvalue weighted by Crippen LogP contribution is -2.76.